The summed E-state index contributed by atoms with van der Waals surface area (Å²) in [7, 11) is -2.31. The average molecular weight is 570 g/mol. The molecule has 1 aromatic heterocycles. The van der Waals surface area contributed by atoms with E-state index in [1.165, 1.54) is 29.6 Å². The van der Waals surface area contributed by atoms with Crippen LogP contribution in [0, 0.1) is 24.4 Å². The van der Waals surface area contributed by atoms with Gasteiger partial charge in [0.05, 0.1) is 29.0 Å². The van der Waals surface area contributed by atoms with Gasteiger partial charge in [-0.25, -0.2) is 21.6 Å². The van der Waals surface area contributed by atoms with Crippen molar-refractivity contribution in [3.8, 4) is 22.7 Å². The van der Waals surface area contributed by atoms with Crippen molar-refractivity contribution in [3.63, 3.8) is 0 Å². The highest BCUT2D eigenvalue weighted by molar-refractivity contribution is 7.89. The first-order valence-electron chi connectivity index (χ1n) is 12.5. The average Bonchev–Trinajstić information content (AvgIpc) is 3.29. The number of hydrogen-bond donors (Lipinski definition) is 0. The predicted octanol–water partition coefficient (Wildman–Crippen LogP) is 5.03. The van der Waals surface area contributed by atoms with Crippen molar-refractivity contribution in [2.45, 2.75) is 11.8 Å². The van der Waals surface area contributed by atoms with E-state index < -0.39 is 27.5 Å². The van der Waals surface area contributed by atoms with Crippen LogP contribution >= 0.6 is 0 Å². The quantitative estimate of drug-likeness (QED) is 0.327. The molecule has 1 aliphatic heterocycles. The third-order valence-electron chi connectivity index (χ3n) is 6.99. The first kappa shape index (κ1) is 27.5. The molecule has 5 rings (SSSR count). The molecule has 4 aromatic rings. The second kappa shape index (κ2) is 10.8. The van der Waals surface area contributed by atoms with E-state index in [1.54, 1.807) is 46.7 Å². The molecule has 1 aliphatic rings. The third kappa shape index (κ3) is 5.09. The summed E-state index contributed by atoms with van der Waals surface area (Å²) in [4.78, 5) is 15.2. The number of amides is 1. The topological polar surface area (TPSA) is 71.8 Å². The molecule has 0 saturated carbocycles. The molecule has 1 saturated heterocycles. The molecular weight excluding hydrogens is 543 g/mol. The first-order valence-corrected chi connectivity index (χ1v) is 13.9. The van der Waals surface area contributed by atoms with E-state index in [1.807, 2.05) is 0 Å². The van der Waals surface area contributed by atoms with Crippen LogP contribution in [0.25, 0.3) is 16.9 Å². The van der Waals surface area contributed by atoms with Crippen molar-refractivity contribution in [2.75, 3.05) is 33.3 Å². The van der Waals surface area contributed by atoms with Gasteiger partial charge in [0.15, 0.2) is 0 Å². The van der Waals surface area contributed by atoms with Crippen molar-refractivity contribution < 1.29 is 31.1 Å². The molecule has 0 bridgehead atoms. The van der Waals surface area contributed by atoms with Gasteiger partial charge in [-0.3, -0.25) is 4.79 Å². The summed E-state index contributed by atoms with van der Waals surface area (Å²) in [6.45, 7) is 2.06. The Morgan fingerprint density at radius 2 is 1.45 bits per heavy atom. The Kier molecular flexibility index (Phi) is 7.43. The molecular formula is C29H26F3N3O4S. The van der Waals surface area contributed by atoms with Gasteiger partial charge in [-0.1, -0.05) is 0 Å². The van der Waals surface area contributed by atoms with Gasteiger partial charge in [-0.15, -0.1) is 0 Å². The van der Waals surface area contributed by atoms with E-state index in [2.05, 4.69) is 0 Å². The van der Waals surface area contributed by atoms with Gasteiger partial charge in [-0.05, 0) is 79.2 Å². The van der Waals surface area contributed by atoms with Crippen LogP contribution in [0.15, 0.2) is 77.7 Å². The number of aromatic nitrogens is 1. The number of benzene rings is 3. The number of methoxy groups -OCH3 is 1. The van der Waals surface area contributed by atoms with E-state index in [-0.39, 0.29) is 42.7 Å². The molecule has 0 atom stereocenters. The van der Waals surface area contributed by atoms with Crippen molar-refractivity contribution in [1.82, 2.24) is 13.8 Å². The van der Waals surface area contributed by atoms with Crippen molar-refractivity contribution >= 4 is 15.9 Å². The molecule has 7 nitrogen and oxygen atoms in total. The lowest BCUT2D eigenvalue weighted by molar-refractivity contribution is 0.0697. The van der Waals surface area contributed by atoms with Gasteiger partial charge in [0.2, 0.25) is 10.0 Å². The Morgan fingerprint density at radius 3 is 2.05 bits per heavy atom. The molecule has 11 heteroatoms. The number of ether oxygens (including phenoxy) is 1. The molecule has 1 fully saturated rings. The van der Waals surface area contributed by atoms with E-state index in [0.717, 1.165) is 24.3 Å². The normalized spacial score (nSPS) is 14.4. The SMILES string of the molecule is COc1ccc(-c2cc(C(=O)N3CCN(S(=O)(=O)c4ccc(F)cc4)CC3)c(C)n2-c2ccc(F)cc2F)cc1. The van der Waals surface area contributed by atoms with Crippen LogP contribution < -0.4 is 4.74 Å². The van der Waals surface area contributed by atoms with E-state index in [0.29, 0.717) is 28.3 Å². The zero-order valence-electron chi connectivity index (χ0n) is 21.8. The third-order valence-corrected chi connectivity index (χ3v) is 8.90. The number of hydrogen-bond acceptors (Lipinski definition) is 4. The summed E-state index contributed by atoms with van der Waals surface area (Å²) < 4.78 is 76.0. The Balaban J connectivity index is 1.45. The van der Waals surface area contributed by atoms with Crippen molar-refractivity contribution in [1.29, 1.82) is 0 Å². The van der Waals surface area contributed by atoms with Crippen LogP contribution in [0.2, 0.25) is 0 Å². The van der Waals surface area contributed by atoms with Crippen LogP contribution in [0.1, 0.15) is 16.1 Å². The molecule has 40 heavy (non-hydrogen) atoms. The largest absolute Gasteiger partial charge is 0.497 e. The van der Waals surface area contributed by atoms with E-state index in [9.17, 15) is 26.4 Å². The lowest BCUT2D eigenvalue weighted by atomic mass is 10.1. The number of carbonyl (C=O) groups excluding carboxylic acids is 1. The molecule has 208 valence electrons. The number of sulfonamides is 1. The molecule has 0 spiro atoms. The summed E-state index contributed by atoms with van der Waals surface area (Å²) in [5.41, 5.74) is 2.04. The van der Waals surface area contributed by atoms with Crippen LogP contribution in [-0.4, -0.2) is 61.4 Å². The minimum atomic E-state index is -3.85. The maximum absolute atomic E-state index is 15.0. The minimum absolute atomic E-state index is 0.0212. The standard InChI is InChI=1S/C29H26F3N3O4S/c1-19-25(29(36)33-13-15-34(16-14-33)40(37,38)24-10-5-21(30)6-11-24)18-28(20-3-8-23(39-2)9-4-20)35(19)27-12-7-22(31)17-26(27)32/h3-12,17-18H,13-16H2,1-2H3. The Labute approximate surface area is 230 Å². The Hall–Kier alpha value is -4.09. The summed E-state index contributed by atoms with van der Waals surface area (Å²) in [5.74, 6) is -1.76. The number of rotatable bonds is 6. The number of halogens is 3. The molecule has 0 radical (unpaired) electrons. The fourth-order valence-corrected chi connectivity index (χ4v) is 6.25. The van der Waals surface area contributed by atoms with Crippen LogP contribution in [0.4, 0.5) is 13.2 Å². The summed E-state index contributed by atoms with van der Waals surface area (Å²) in [5, 5.41) is 0. The maximum Gasteiger partial charge on any atom is 0.255 e. The van der Waals surface area contributed by atoms with Gasteiger partial charge in [0.25, 0.3) is 5.91 Å². The van der Waals surface area contributed by atoms with Gasteiger partial charge < -0.3 is 14.2 Å². The summed E-state index contributed by atoms with van der Waals surface area (Å²) >= 11 is 0. The zero-order valence-corrected chi connectivity index (χ0v) is 22.6. The van der Waals surface area contributed by atoms with Gasteiger partial charge >= 0.3 is 0 Å². The smallest absolute Gasteiger partial charge is 0.255 e. The van der Waals surface area contributed by atoms with E-state index in [4.69, 9.17) is 4.74 Å². The molecule has 0 aliphatic carbocycles. The Morgan fingerprint density at radius 1 is 0.825 bits per heavy atom. The Bertz CT molecular complexity index is 1660. The predicted molar refractivity (Wildman–Crippen MR) is 143 cm³/mol. The second-order valence-corrected chi connectivity index (χ2v) is 11.3. The summed E-state index contributed by atoms with van der Waals surface area (Å²) in [6, 6.07) is 16.5. The van der Waals surface area contributed by atoms with E-state index >= 15 is 0 Å². The highest BCUT2D eigenvalue weighted by atomic mass is 32.2. The fraction of sp³-hybridized carbons (Fsp3) is 0.207. The van der Waals surface area contributed by atoms with Crippen LogP contribution in [0.3, 0.4) is 0 Å². The fourth-order valence-electron chi connectivity index (χ4n) is 4.83. The molecule has 0 unspecified atom stereocenters. The highest BCUT2D eigenvalue weighted by Crippen LogP contribution is 2.33. The number of carbonyl (C=O) groups is 1. The highest BCUT2D eigenvalue weighted by Gasteiger charge is 2.32. The monoisotopic (exact) mass is 569 g/mol. The number of piperazine rings is 1. The van der Waals surface area contributed by atoms with Gasteiger partial charge in [0, 0.05) is 37.9 Å². The lowest BCUT2D eigenvalue weighted by Crippen LogP contribution is -2.50. The van der Waals surface area contributed by atoms with Crippen LogP contribution in [-0.2, 0) is 10.0 Å². The van der Waals surface area contributed by atoms with Gasteiger partial charge in [-0.2, -0.15) is 4.31 Å². The zero-order chi connectivity index (χ0) is 28.6. The van der Waals surface area contributed by atoms with Gasteiger partial charge in [0.1, 0.15) is 23.2 Å². The maximum atomic E-state index is 15.0. The lowest BCUT2D eigenvalue weighted by Gasteiger charge is -2.34. The first-order chi connectivity index (χ1) is 19.1. The van der Waals surface area contributed by atoms with Crippen molar-refractivity contribution in [3.05, 3.63) is 102 Å². The molecule has 2 heterocycles. The van der Waals surface area contributed by atoms with Crippen molar-refractivity contribution in [2.24, 2.45) is 0 Å². The summed E-state index contributed by atoms with van der Waals surface area (Å²) in [6.07, 6.45) is 0. The molecule has 3 aromatic carbocycles. The number of nitrogens with zero attached hydrogens (tertiary/aromatic N) is 3. The second-order valence-electron chi connectivity index (χ2n) is 9.34. The molecule has 0 N–H and O–H groups in total. The molecule has 1 amide bonds. The minimum Gasteiger partial charge on any atom is -0.497 e. The van der Waals surface area contributed by atoms with Crippen LogP contribution in [0.5, 0.6) is 5.75 Å².